The van der Waals surface area contributed by atoms with Crippen molar-refractivity contribution < 1.29 is 9.53 Å². The number of hydrogen-bond acceptors (Lipinski definition) is 3. The second-order valence-electron chi connectivity index (χ2n) is 4.97. The average molecular weight is 288 g/mol. The van der Waals surface area contributed by atoms with Crippen LogP contribution in [0.15, 0.2) is 24.3 Å². The highest BCUT2D eigenvalue weighted by Gasteiger charge is 2.04. The van der Waals surface area contributed by atoms with Crippen molar-refractivity contribution in [3.05, 3.63) is 35.4 Å². The number of nitrogens with one attached hydrogen (secondary N) is 1. The molecule has 0 unspecified atom stereocenters. The largest absolute Gasteiger partial charge is 0.379 e. The molecule has 0 aliphatic rings. The number of carbonyl (C=O) groups excluding carboxylic acids is 1. The van der Waals surface area contributed by atoms with Gasteiger partial charge in [0.05, 0.1) is 12.6 Å². The van der Waals surface area contributed by atoms with Gasteiger partial charge in [0, 0.05) is 24.3 Å². The molecule has 1 aromatic rings. The van der Waals surface area contributed by atoms with Crippen LogP contribution in [0.1, 0.15) is 42.6 Å². The summed E-state index contributed by atoms with van der Waals surface area (Å²) in [5.41, 5.74) is 6.82. The first kappa shape index (κ1) is 17.2. The van der Waals surface area contributed by atoms with E-state index in [9.17, 15) is 4.79 Å². The second-order valence-corrected chi connectivity index (χ2v) is 4.97. The van der Waals surface area contributed by atoms with Crippen molar-refractivity contribution in [2.24, 2.45) is 5.73 Å². The summed E-state index contributed by atoms with van der Waals surface area (Å²) in [4.78, 5) is 11.9. The Kier molecular flexibility index (Phi) is 8.18. The number of unbranched alkanes of at least 4 members (excludes halogenated alkanes) is 1. The molecule has 4 nitrogen and oxygen atoms in total. The lowest BCUT2D eigenvalue weighted by Gasteiger charge is -2.08. The Morgan fingerprint density at radius 1 is 1.29 bits per heavy atom. The second kappa shape index (κ2) is 9.98. The van der Waals surface area contributed by atoms with Crippen molar-refractivity contribution in [3.63, 3.8) is 0 Å². The monoisotopic (exact) mass is 288 g/mol. The highest BCUT2D eigenvalue weighted by Crippen LogP contribution is 2.03. The number of amides is 1. The van der Waals surface area contributed by atoms with Crippen molar-refractivity contribution >= 4 is 5.91 Å². The summed E-state index contributed by atoms with van der Waals surface area (Å²) in [6.07, 6.45) is 2.13. The van der Waals surface area contributed by atoms with Gasteiger partial charge >= 0.3 is 0 Å². The van der Waals surface area contributed by atoms with Gasteiger partial charge in [-0.1, -0.05) is 11.8 Å². The molecule has 0 fully saturated rings. The summed E-state index contributed by atoms with van der Waals surface area (Å²) in [6, 6.07) is 7.21. The summed E-state index contributed by atoms with van der Waals surface area (Å²) in [7, 11) is 0. The topological polar surface area (TPSA) is 64.3 Å². The minimum atomic E-state index is -0.0573. The van der Waals surface area contributed by atoms with Crippen LogP contribution in [0.3, 0.4) is 0 Å². The van der Waals surface area contributed by atoms with E-state index in [1.54, 1.807) is 12.1 Å². The zero-order valence-corrected chi connectivity index (χ0v) is 12.8. The van der Waals surface area contributed by atoms with E-state index in [1.807, 2.05) is 26.0 Å². The molecule has 0 aromatic heterocycles. The lowest BCUT2D eigenvalue weighted by molar-refractivity contribution is 0.0754. The van der Waals surface area contributed by atoms with Crippen LogP contribution in [0.5, 0.6) is 0 Å². The highest BCUT2D eigenvalue weighted by atomic mass is 16.5. The Morgan fingerprint density at radius 2 is 2.00 bits per heavy atom. The Morgan fingerprint density at radius 3 is 2.62 bits per heavy atom. The number of nitrogens with two attached hydrogens (primary N) is 1. The third kappa shape index (κ3) is 7.50. The molecule has 0 heterocycles. The van der Waals surface area contributed by atoms with Crippen molar-refractivity contribution in [1.29, 1.82) is 0 Å². The first-order valence-electron chi connectivity index (χ1n) is 7.32. The molecule has 0 saturated carbocycles. The number of rotatable bonds is 7. The van der Waals surface area contributed by atoms with Gasteiger partial charge < -0.3 is 15.8 Å². The van der Waals surface area contributed by atoms with Crippen molar-refractivity contribution in [1.82, 2.24) is 5.32 Å². The lowest BCUT2D eigenvalue weighted by Crippen LogP contribution is -2.24. The summed E-state index contributed by atoms with van der Waals surface area (Å²) >= 11 is 0. The minimum absolute atomic E-state index is 0.0573. The van der Waals surface area contributed by atoms with Crippen LogP contribution in [0.25, 0.3) is 0 Å². The molecule has 114 valence electrons. The molecule has 0 atom stereocenters. The van der Waals surface area contributed by atoms with Crippen LogP contribution in [0.2, 0.25) is 0 Å². The molecule has 0 radical (unpaired) electrons. The van der Waals surface area contributed by atoms with Gasteiger partial charge in [0.15, 0.2) is 0 Å². The van der Waals surface area contributed by atoms with Gasteiger partial charge in [-0.2, -0.15) is 0 Å². The quantitative estimate of drug-likeness (QED) is 0.595. The van der Waals surface area contributed by atoms with Gasteiger partial charge in [-0.15, -0.1) is 0 Å². The van der Waals surface area contributed by atoms with E-state index < -0.39 is 0 Å². The first-order valence-corrected chi connectivity index (χ1v) is 7.32. The highest BCUT2D eigenvalue weighted by molar-refractivity contribution is 5.94. The Hall–Kier alpha value is -1.83. The smallest absolute Gasteiger partial charge is 0.251 e. The fourth-order valence-electron chi connectivity index (χ4n) is 1.71. The van der Waals surface area contributed by atoms with Crippen LogP contribution >= 0.6 is 0 Å². The number of benzene rings is 1. The first-order chi connectivity index (χ1) is 10.1. The molecule has 1 amide bonds. The number of hydrogen-bond donors (Lipinski definition) is 2. The molecule has 4 heteroatoms. The van der Waals surface area contributed by atoms with Crippen LogP contribution < -0.4 is 11.1 Å². The maximum Gasteiger partial charge on any atom is 0.251 e. The standard InChI is InChI=1S/C17H24N2O2/c1-14(2)21-13-4-3-12-19-17(20)16-9-7-15(8-10-16)6-5-11-18/h7-10,14H,3-4,11-13,18H2,1-2H3,(H,19,20). The van der Waals surface area contributed by atoms with Crippen LogP contribution in [-0.4, -0.2) is 31.7 Å². The lowest BCUT2D eigenvalue weighted by atomic mass is 10.1. The van der Waals surface area contributed by atoms with E-state index in [0.717, 1.165) is 25.0 Å². The minimum Gasteiger partial charge on any atom is -0.379 e. The van der Waals surface area contributed by atoms with E-state index in [-0.39, 0.29) is 12.0 Å². The molecule has 0 bridgehead atoms. The predicted octanol–water partition coefficient (Wildman–Crippen LogP) is 1.93. The maximum absolute atomic E-state index is 11.9. The van der Waals surface area contributed by atoms with Crippen molar-refractivity contribution in [2.75, 3.05) is 19.7 Å². The van der Waals surface area contributed by atoms with Gasteiger partial charge in [-0.3, -0.25) is 4.79 Å². The summed E-state index contributed by atoms with van der Waals surface area (Å²) in [5, 5.41) is 2.90. The Bertz CT molecular complexity index is 484. The average Bonchev–Trinajstić information content (AvgIpc) is 2.48. The van der Waals surface area contributed by atoms with Gasteiger partial charge in [0.2, 0.25) is 0 Å². The molecule has 0 saturated heterocycles. The van der Waals surface area contributed by atoms with E-state index >= 15 is 0 Å². The van der Waals surface area contributed by atoms with Crippen molar-refractivity contribution in [2.45, 2.75) is 32.8 Å². The normalized spacial score (nSPS) is 10.1. The molecular weight excluding hydrogens is 264 g/mol. The van der Waals surface area contributed by atoms with Crippen molar-refractivity contribution in [3.8, 4) is 11.8 Å². The van der Waals surface area contributed by atoms with Gasteiger partial charge in [0.25, 0.3) is 5.91 Å². The molecule has 0 aliphatic heterocycles. The molecule has 21 heavy (non-hydrogen) atoms. The van der Waals surface area contributed by atoms with Crippen LogP contribution in [0.4, 0.5) is 0 Å². The SMILES string of the molecule is CC(C)OCCCCNC(=O)c1ccc(C#CCN)cc1. The van der Waals surface area contributed by atoms with E-state index in [1.165, 1.54) is 0 Å². The van der Waals surface area contributed by atoms with Gasteiger partial charge in [0.1, 0.15) is 0 Å². The molecular formula is C17H24N2O2. The zero-order chi connectivity index (χ0) is 15.5. The Labute approximate surface area is 127 Å². The zero-order valence-electron chi connectivity index (χ0n) is 12.8. The molecule has 1 aromatic carbocycles. The fourth-order valence-corrected chi connectivity index (χ4v) is 1.71. The summed E-state index contributed by atoms with van der Waals surface area (Å²) < 4.78 is 5.44. The maximum atomic E-state index is 11.9. The van der Waals surface area contributed by atoms with Crippen LogP contribution in [-0.2, 0) is 4.74 Å². The third-order valence-electron chi connectivity index (χ3n) is 2.79. The predicted molar refractivity (Wildman–Crippen MR) is 85.0 cm³/mol. The van der Waals surface area contributed by atoms with E-state index in [0.29, 0.717) is 18.7 Å². The van der Waals surface area contributed by atoms with Crippen LogP contribution in [0, 0.1) is 11.8 Å². The number of carbonyl (C=O) groups is 1. The fraction of sp³-hybridized carbons (Fsp3) is 0.471. The summed E-state index contributed by atoms with van der Waals surface area (Å²) in [5.74, 6) is 5.65. The Balaban J connectivity index is 2.29. The van der Waals surface area contributed by atoms with Gasteiger partial charge in [-0.25, -0.2) is 0 Å². The molecule has 1 rings (SSSR count). The number of ether oxygens (including phenoxy) is 1. The van der Waals surface area contributed by atoms with Gasteiger partial charge in [-0.05, 0) is 51.0 Å². The molecule has 0 spiro atoms. The van der Waals surface area contributed by atoms with E-state index in [2.05, 4.69) is 17.2 Å². The molecule has 0 aliphatic carbocycles. The van der Waals surface area contributed by atoms with E-state index in [4.69, 9.17) is 10.5 Å². The summed E-state index contributed by atoms with van der Waals surface area (Å²) in [6.45, 7) is 5.77. The molecule has 3 N–H and O–H groups in total. The third-order valence-corrected chi connectivity index (χ3v) is 2.79.